The SMILES string of the molecule is CCCCC1(CCCC)CN(c2ccccc2)c2cc(SC)c(OCC(=O)N[C@@H](C(=O)N[C@@H](CCS(C)(=O)=O)C(=O)O)c3ccc(O)cc3)cc2S(=O)(=O)C1. The van der Waals surface area contributed by atoms with Crippen molar-refractivity contribution in [2.75, 3.05) is 42.1 Å². The van der Waals surface area contributed by atoms with Gasteiger partial charge in [0, 0.05) is 30.0 Å². The fourth-order valence-corrected chi connectivity index (χ4v) is 10.1. The van der Waals surface area contributed by atoms with E-state index in [9.17, 15) is 41.4 Å². The Morgan fingerprint density at radius 1 is 0.982 bits per heavy atom. The van der Waals surface area contributed by atoms with Gasteiger partial charge in [0.1, 0.15) is 33.4 Å². The first-order chi connectivity index (χ1) is 26.0. The average molecular weight is 818 g/mol. The number of thioether (sulfide) groups is 1. The average Bonchev–Trinajstić information content (AvgIpc) is 3.24. The summed E-state index contributed by atoms with van der Waals surface area (Å²) in [4.78, 5) is 41.6. The van der Waals surface area contributed by atoms with E-state index in [-0.39, 0.29) is 27.7 Å². The number of hydrogen-bond acceptors (Lipinski definition) is 11. The number of phenolic OH excluding ortho intramolecular Hbond substituents is 1. The van der Waals surface area contributed by atoms with E-state index in [2.05, 4.69) is 29.4 Å². The molecule has 3 aromatic rings. The van der Waals surface area contributed by atoms with Crippen LogP contribution < -0.4 is 20.3 Å². The van der Waals surface area contributed by atoms with Gasteiger partial charge in [-0.15, -0.1) is 11.8 Å². The quantitative estimate of drug-likeness (QED) is 0.109. The first kappa shape index (κ1) is 43.4. The highest BCUT2D eigenvalue weighted by atomic mass is 32.2. The summed E-state index contributed by atoms with van der Waals surface area (Å²) in [6.07, 6.45) is 7.49. The molecular formula is C39H51N3O10S3. The van der Waals surface area contributed by atoms with Crippen LogP contribution in [0.15, 0.2) is 76.5 Å². The summed E-state index contributed by atoms with van der Waals surface area (Å²) in [7, 11) is -7.41. The summed E-state index contributed by atoms with van der Waals surface area (Å²) in [6, 6.07) is 15.2. The molecule has 0 saturated heterocycles. The number of sulfone groups is 2. The Bertz CT molecular complexity index is 2020. The van der Waals surface area contributed by atoms with E-state index in [1.807, 2.05) is 36.6 Å². The van der Waals surface area contributed by atoms with E-state index in [4.69, 9.17) is 4.74 Å². The van der Waals surface area contributed by atoms with Crippen LogP contribution in [0.4, 0.5) is 11.4 Å². The number of ether oxygens (including phenoxy) is 1. The van der Waals surface area contributed by atoms with Crippen molar-refractivity contribution < 1.29 is 46.2 Å². The van der Waals surface area contributed by atoms with E-state index < -0.39 is 73.7 Å². The highest BCUT2D eigenvalue weighted by molar-refractivity contribution is 7.98. The van der Waals surface area contributed by atoms with E-state index >= 15 is 0 Å². The van der Waals surface area contributed by atoms with Gasteiger partial charge >= 0.3 is 5.97 Å². The second-order valence-electron chi connectivity index (χ2n) is 14.1. The number of phenols is 1. The second kappa shape index (κ2) is 19.0. The van der Waals surface area contributed by atoms with Gasteiger partial charge in [0.15, 0.2) is 16.4 Å². The number of carboxylic acid groups (broad SMARTS) is 1. The van der Waals surface area contributed by atoms with Crippen LogP contribution in [0.5, 0.6) is 11.5 Å². The second-order valence-corrected chi connectivity index (χ2v) is 19.1. The third kappa shape index (κ3) is 11.9. The van der Waals surface area contributed by atoms with Gasteiger partial charge in [0.2, 0.25) is 5.91 Å². The number of amides is 2. The Morgan fingerprint density at radius 2 is 1.62 bits per heavy atom. The van der Waals surface area contributed by atoms with E-state index in [0.717, 1.165) is 50.5 Å². The highest BCUT2D eigenvalue weighted by Gasteiger charge is 2.42. The normalized spacial score (nSPS) is 15.9. The molecule has 13 nitrogen and oxygen atoms in total. The topological polar surface area (TPSA) is 196 Å². The molecule has 0 radical (unpaired) electrons. The van der Waals surface area contributed by atoms with Gasteiger partial charge in [-0.3, -0.25) is 9.59 Å². The summed E-state index contributed by atoms with van der Waals surface area (Å²) >= 11 is 1.32. The standard InChI is InChI=1S/C39H51N3O10S3/c1-5-7-19-39(20-8-6-2)25-42(28-12-10-9-11-13-28)31-22-33(53-3)32(23-34(31)55(50,51)26-39)52-24-35(44)41-36(27-14-16-29(43)17-15-27)37(45)40-30(38(46)47)18-21-54(4,48)49/h9-17,22-23,30,36,43H,5-8,18-21,24-26H2,1-4H3,(H,40,45)(H,41,44)(H,46,47)/t30-,36+/m0/s1. The van der Waals surface area contributed by atoms with Gasteiger partial charge in [-0.1, -0.05) is 69.9 Å². The lowest BCUT2D eigenvalue weighted by Gasteiger charge is -2.37. The number of para-hydroxylation sites is 1. The van der Waals surface area contributed by atoms with Crippen molar-refractivity contribution in [1.82, 2.24) is 10.6 Å². The van der Waals surface area contributed by atoms with Crippen LogP contribution in [-0.2, 0) is 34.1 Å². The molecule has 0 saturated carbocycles. The van der Waals surface area contributed by atoms with Crippen molar-refractivity contribution in [3.05, 3.63) is 72.3 Å². The van der Waals surface area contributed by atoms with Crippen molar-refractivity contribution >= 4 is 60.6 Å². The molecule has 3 aromatic carbocycles. The maximum absolute atomic E-state index is 14.4. The van der Waals surface area contributed by atoms with Gasteiger partial charge < -0.3 is 30.5 Å². The van der Waals surface area contributed by atoms with Gasteiger partial charge in [-0.25, -0.2) is 21.6 Å². The van der Waals surface area contributed by atoms with Crippen molar-refractivity contribution in [3.8, 4) is 11.5 Å². The maximum Gasteiger partial charge on any atom is 0.326 e. The zero-order valence-electron chi connectivity index (χ0n) is 31.6. The lowest BCUT2D eigenvalue weighted by atomic mass is 9.79. The third-order valence-electron chi connectivity index (χ3n) is 9.59. The number of nitrogens with one attached hydrogen (secondary N) is 2. The molecule has 0 spiro atoms. The van der Waals surface area contributed by atoms with Gasteiger partial charge in [0.05, 0.1) is 27.0 Å². The van der Waals surface area contributed by atoms with Crippen molar-refractivity contribution in [1.29, 1.82) is 0 Å². The minimum absolute atomic E-state index is 0.0418. The fraction of sp³-hybridized carbons (Fsp3) is 0.462. The summed E-state index contributed by atoms with van der Waals surface area (Å²) in [5, 5.41) is 24.3. The Balaban J connectivity index is 1.67. The number of aromatic hydroxyl groups is 1. The molecule has 0 unspecified atom stereocenters. The molecule has 4 N–H and O–H groups in total. The molecular weight excluding hydrogens is 767 g/mol. The minimum Gasteiger partial charge on any atom is -0.508 e. The van der Waals surface area contributed by atoms with Crippen LogP contribution in [-0.4, -0.2) is 88.0 Å². The zero-order chi connectivity index (χ0) is 40.4. The molecule has 0 aliphatic carbocycles. The number of nitrogens with zero attached hydrogens (tertiary/aromatic N) is 1. The Hall–Kier alpha value is -4.28. The molecule has 2 atom stereocenters. The fourth-order valence-electron chi connectivity index (χ4n) is 6.74. The molecule has 0 bridgehead atoms. The summed E-state index contributed by atoms with van der Waals surface area (Å²) in [6.45, 7) is 4.07. The molecule has 2 amide bonds. The lowest BCUT2D eigenvalue weighted by molar-refractivity contribution is -0.142. The van der Waals surface area contributed by atoms with E-state index in [1.165, 1.54) is 42.1 Å². The molecule has 16 heteroatoms. The number of unbranched alkanes of at least 4 members (excludes halogenated alkanes) is 2. The summed E-state index contributed by atoms with van der Waals surface area (Å²) in [5.41, 5.74) is 1.08. The third-order valence-corrected chi connectivity index (χ3v) is 13.3. The number of carboxylic acids is 1. The van der Waals surface area contributed by atoms with Crippen molar-refractivity contribution in [2.24, 2.45) is 5.41 Å². The molecule has 300 valence electrons. The highest BCUT2D eigenvalue weighted by Crippen LogP contribution is 2.47. The molecule has 4 rings (SSSR count). The van der Waals surface area contributed by atoms with Gasteiger partial charge in [0.25, 0.3) is 5.91 Å². The van der Waals surface area contributed by atoms with Crippen LogP contribution in [0.25, 0.3) is 0 Å². The maximum atomic E-state index is 14.4. The first-order valence-electron chi connectivity index (χ1n) is 18.2. The molecule has 0 fully saturated rings. The Labute approximate surface area is 328 Å². The number of hydrogen-bond donors (Lipinski definition) is 4. The van der Waals surface area contributed by atoms with Crippen molar-refractivity contribution in [2.45, 2.75) is 80.7 Å². The molecule has 1 aliphatic rings. The Kier molecular flexibility index (Phi) is 15.0. The van der Waals surface area contributed by atoms with E-state index in [1.54, 1.807) is 6.07 Å². The van der Waals surface area contributed by atoms with Crippen LogP contribution >= 0.6 is 11.8 Å². The minimum atomic E-state index is -3.87. The van der Waals surface area contributed by atoms with Crippen LogP contribution in [0, 0.1) is 5.41 Å². The first-order valence-corrected chi connectivity index (χ1v) is 23.1. The number of carbonyl (C=O) groups excluding carboxylic acids is 2. The van der Waals surface area contributed by atoms with Gasteiger partial charge in [-0.05, 0) is 61.4 Å². The van der Waals surface area contributed by atoms with Crippen LogP contribution in [0.1, 0.15) is 70.4 Å². The number of aliphatic carboxylic acids is 1. The summed E-state index contributed by atoms with van der Waals surface area (Å²) < 4.78 is 58.2. The zero-order valence-corrected chi connectivity index (χ0v) is 34.1. The predicted molar refractivity (Wildman–Crippen MR) is 214 cm³/mol. The van der Waals surface area contributed by atoms with E-state index in [0.29, 0.717) is 17.1 Å². The van der Waals surface area contributed by atoms with Crippen LogP contribution in [0.3, 0.4) is 0 Å². The Morgan fingerprint density at radius 3 is 2.18 bits per heavy atom. The lowest BCUT2D eigenvalue weighted by Crippen LogP contribution is -2.48. The monoisotopic (exact) mass is 817 g/mol. The van der Waals surface area contributed by atoms with Crippen LogP contribution in [0.2, 0.25) is 0 Å². The largest absolute Gasteiger partial charge is 0.508 e. The number of anilines is 2. The predicted octanol–water partition coefficient (Wildman–Crippen LogP) is 5.65. The number of rotatable bonds is 19. The smallest absolute Gasteiger partial charge is 0.326 e. The number of fused-ring (bicyclic) bond motifs is 1. The number of carbonyl (C=O) groups is 3. The summed E-state index contributed by atoms with van der Waals surface area (Å²) in [5.74, 6) is -3.68. The molecule has 1 heterocycles. The molecule has 1 aliphatic heterocycles. The molecule has 0 aromatic heterocycles. The molecule has 55 heavy (non-hydrogen) atoms. The van der Waals surface area contributed by atoms with Gasteiger partial charge in [-0.2, -0.15) is 0 Å². The van der Waals surface area contributed by atoms with Crippen molar-refractivity contribution in [3.63, 3.8) is 0 Å². The number of benzene rings is 3.